The predicted octanol–water partition coefficient (Wildman–Crippen LogP) is 1.91. The van der Waals surface area contributed by atoms with Gasteiger partial charge in [-0.25, -0.2) is 13.4 Å². The maximum Gasteiger partial charge on any atom is 0.574 e. The smallest absolute Gasteiger partial charge is 0.388 e. The van der Waals surface area contributed by atoms with Crippen molar-refractivity contribution in [2.45, 2.75) is 11.4 Å². The Morgan fingerprint density at radius 2 is 1.93 bits per heavy atom. The molecular weight excluding hydrogens is 259 g/mol. The van der Waals surface area contributed by atoms with E-state index in [1.807, 2.05) is 0 Å². The molecule has 15 heavy (non-hydrogen) atoms. The zero-order valence-electron chi connectivity index (χ0n) is 6.82. The summed E-state index contributed by atoms with van der Waals surface area (Å²) in [5, 5.41) is -0.703. The van der Waals surface area contributed by atoms with Crippen LogP contribution in [0.4, 0.5) is 13.2 Å². The molecule has 0 unspecified atom stereocenters. The van der Waals surface area contributed by atoms with E-state index in [4.69, 9.17) is 10.7 Å². The average Bonchev–Trinajstić information content (AvgIpc) is 1.99. The van der Waals surface area contributed by atoms with Crippen molar-refractivity contribution >= 4 is 19.7 Å². The second kappa shape index (κ2) is 3.86. The number of hydrogen-bond acceptors (Lipinski definition) is 4. The number of aromatic nitrogens is 1. The van der Waals surface area contributed by atoms with Gasteiger partial charge in [0.1, 0.15) is 0 Å². The molecule has 0 aliphatic heterocycles. The van der Waals surface area contributed by atoms with Crippen LogP contribution in [0, 0.1) is 0 Å². The van der Waals surface area contributed by atoms with Crippen LogP contribution in [0.3, 0.4) is 0 Å². The van der Waals surface area contributed by atoms with Gasteiger partial charge in [-0.2, -0.15) is 0 Å². The molecule has 1 aromatic rings. The summed E-state index contributed by atoms with van der Waals surface area (Å²) < 4.78 is 60.0. The molecule has 1 aromatic heterocycles. The monoisotopic (exact) mass is 261 g/mol. The highest BCUT2D eigenvalue weighted by atomic mass is 35.7. The molecule has 0 amide bonds. The maximum atomic E-state index is 11.7. The molecule has 0 bridgehead atoms. The Balaban J connectivity index is 3.04. The number of halogens is 4. The minimum Gasteiger partial charge on any atom is -0.388 e. The standard InChI is InChI=1S/C6H3ClF3NO3S/c7-15(12,13)5-3-1-2-4(11-5)14-6(8,9)10/h1-3H. The summed E-state index contributed by atoms with van der Waals surface area (Å²) in [6, 6.07) is 2.84. The third-order valence-corrected chi connectivity index (χ3v) is 2.37. The topological polar surface area (TPSA) is 56.3 Å². The predicted molar refractivity (Wildman–Crippen MR) is 44.0 cm³/mol. The van der Waals surface area contributed by atoms with Crippen molar-refractivity contribution in [3.8, 4) is 5.88 Å². The third-order valence-electron chi connectivity index (χ3n) is 1.17. The molecular formula is C6H3ClF3NO3S. The van der Waals surface area contributed by atoms with E-state index in [1.165, 1.54) is 0 Å². The summed E-state index contributed by atoms with van der Waals surface area (Å²) in [6.07, 6.45) is -4.93. The summed E-state index contributed by atoms with van der Waals surface area (Å²) >= 11 is 0. The summed E-state index contributed by atoms with van der Waals surface area (Å²) in [5.41, 5.74) is 0. The zero-order chi connectivity index (χ0) is 11.7. The fourth-order valence-electron chi connectivity index (χ4n) is 0.707. The first-order valence-electron chi connectivity index (χ1n) is 3.36. The van der Waals surface area contributed by atoms with Gasteiger partial charge in [0.05, 0.1) is 0 Å². The van der Waals surface area contributed by atoms with Crippen molar-refractivity contribution in [2.75, 3.05) is 0 Å². The first kappa shape index (κ1) is 12.1. The lowest BCUT2D eigenvalue weighted by atomic mass is 10.5. The van der Waals surface area contributed by atoms with Gasteiger partial charge in [-0.15, -0.1) is 13.2 Å². The second-order valence-electron chi connectivity index (χ2n) is 2.30. The highest BCUT2D eigenvalue weighted by Crippen LogP contribution is 2.22. The van der Waals surface area contributed by atoms with E-state index in [2.05, 4.69) is 9.72 Å². The van der Waals surface area contributed by atoms with Crippen LogP contribution in [-0.2, 0) is 9.05 Å². The fourth-order valence-corrected chi connectivity index (χ4v) is 1.41. The molecule has 9 heteroatoms. The molecule has 0 saturated heterocycles. The first-order chi connectivity index (χ1) is 6.68. The Morgan fingerprint density at radius 1 is 1.33 bits per heavy atom. The molecule has 0 N–H and O–H groups in total. The van der Waals surface area contributed by atoms with Crippen molar-refractivity contribution in [3.05, 3.63) is 18.2 Å². The van der Waals surface area contributed by atoms with Crippen LogP contribution in [0.1, 0.15) is 0 Å². The Kier molecular flexibility index (Phi) is 3.10. The molecule has 0 aliphatic carbocycles. The first-order valence-corrected chi connectivity index (χ1v) is 5.67. The molecule has 0 saturated carbocycles. The van der Waals surface area contributed by atoms with E-state index in [0.29, 0.717) is 0 Å². The van der Waals surface area contributed by atoms with Crippen LogP contribution < -0.4 is 4.74 Å². The lowest BCUT2D eigenvalue weighted by molar-refractivity contribution is -0.276. The van der Waals surface area contributed by atoms with Crippen molar-refractivity contribution in [2.24, 2.45) is 0 Å². The van der Waals surface area contributed by atoms with Crippen LogP contribution in [-0.4, -0.2) is 19.8 Å². The molecule has 0 aromatic carbocycles. The number of nitrogens with zero attached hydrogens (tertiary/aromatic N) is 1. The molecule has 0 fully saturated rings. The average molecular weight is 262 g/mol. The number of alkyl halides is 3. The number of rotatable bonds is 2. The van der Waals surface area contributed by atoms with Gasteiger partial charge in [0.25, 0.3) is 9.05 Å². The largest absolute Gasteiger partial charge is 0.574 e. The summed E-state index contributed by atoms with van der Waals surface area (Å²) in [6.45, 7) is 0. The molecule has 0 atom stereocenters. The van der Waals surface area contributed by atoms with E-state index in [0.717, 1.165) is 18.2 Å². The van der Waals surface area contributed by atoms with E-state index in [-0.39, 0.29) is 0 Å². The fraction of sp³-hybridized carbons (Fsp3) is 0.167. The van der Waals surface area contributed by atoms with E-state index in [9.17, 15) is 21.6 Å². The summed E-state index contributed by atoms with van der Waals surface area (Å²) in [4.78, 5) is 3.07. The van der Waals surface area contributed by atoms with Gasteiger partial charge in [-0.05, 0) is 6.07 Å². The van der Waals surface area contributed by atoms with Gasteiger partial charge in [-0.1, -0.05) is 6.07 Å². The van der Waals surface area contributed by atoms with E-state index >= 15 is 0 Å². The highest BCUT2D eigenvalue weighted by molar-refractivity contribution is 8.13. The van der Waals surface area contributed by atoms with E-state index < -0.39 is 26.3 Å². The Hall–Kier alpha value is -1.02. The second-order valence-corrected chi connectivity index (χ2v) is 4.81. The zero-order valence-corrected chi connectivity index (χ0v) is 8.40. The van der Waals surface area contributed by atoms with Crippen LogP contribution in [0.2, 0.25) is 0 Å². The Morgan fingerprint density at radius 3 is 2.40 bits per heavy atom. The molecule has 0 aliphatic rings. The molecule has 84 valence electrons. The van der Waals surface area contributed by atoms with Gasteiger partial charge >= 0.3 is 6.36 Å². The van der Waals surface area contributed by atoms with Crippen molar-refractivity contribution in [1.82, 2.24) is 4.98 Å². The minimum atomic E-state index is -4.93. The molecule has 1 heterocycles. The van der Waals surface area contributed by atoms with Crippen LogP contribution in [0.25, 0.3) is 0 Å². The quantitative estimate of drug-likeness (QED) is 0.763. The Labute approximate surface area is 87.1 Å². The van der Waals surface area contributed by atoms with Crippen LogP contribution in [0.15, 0.2) is 23.2 Å². The SMILES string of the molecule is O=S(=O)(Cl)c1cccc(OC(F)(F)F)n1. The van der Waals surface area contributed by atoms with Gasteiger partial charge in [0.15, 0.2) is 5.03 Å². The molecule has 0 spiro atoms. The molecule has 0 radical (unpaired) electrons. The van der Waals surface area contributed by atoms with Gasteiger partial charge in [0, 0.05) is 16.7 Å². The minimum absolute atomic E-state index is 0.703. The lowest BCUT2D eigenvalue weighted by Crippen LogP contribution is -2.18. The third kappa shape index (κ3) is 3.92. The number of hydrogen-bond donors (Lipinski definition) is 0. The van der Waals surface area contributed by atoms with Gasteiger partial charge in [0.2, 0.25) is 5.88 Å². The normalized spacial score (nSPS) is 12.5. The highest BCUT2D eigenvalue weighted by Gasteiger charge is 2.32. The lowest BCUT2D eigenvalue weighted by Gasteiger charge is -2.07. The molecule has 4 nitrogen and oxygen atoms in total. The molecule has 1 rings (SSSR count). The van der Waals surface area contributed by atoms with Gasteiger partial charge < -0.3 is 4.74 Å². The van der Waals surface area contributed by atoms with Gasteiger partial charge in [-0.3, -0.25) is 0 Å². The van der Waals surface area contributed by atoms with Crippen molar-refractivity contribution < 1.29 is 26.3 Å². The maximum absolute atomic E-state index is 11.7. The van der Waals surface area contributed by atoms with Crippen LogP contribution in [0.5, 0.6) is 5.88 Å². The summed E-state index contributed by atoms with van der Waals surface area (Å²) in [7, 11) is 0.708. The van der Waals surface area contributed by atoms with E-state index in [1.54, 1.807) is 0 Å². The van der Waals surface area contributed by atoms with Crippen molar-refractivity contribution in [3.63, 3.8) is 0 Å². The van der Waals surface area contributed by atoms with Crippen molar-refractivity contribution in [1.29, 1.82) is 0 Å². The number of ether oxygens (including phenoxy) is 1. The number of pyridine rings is 1. The Bertz CT molecular complexity index is 459. The summed E-state index contributed by atoms with van der Waals surface area (Å²) in [5.74, 6) is -0.885. The van der Waals surface area contributed by atoms with Crippen LogP contribution >= 0.6 is 10.7 Å².